The molecule has 1 aliphatic carbocycles. The highest BCUT2D eigenvalue weighted by Gasteiger charge is 2.33. The highest BCUT2D eigenvalue weighted by Crippen LogP contribution is 2.30. The van der Waals surface area contributed by atoms with Crippen LogP contribution in [-0.2, 0) is 9.53 Å². The Kier molecular flexibility index (Phi) is 4.38. The summed E-state index contributed by atoms with van der Waals surface area (Å²) in [6.45, 7) is 3.71. The molecule has 0 aromatic heterocycles. The Morgan fingerprint density at radius 1 is 1.11 bits per heavy atom. The summed E-state index contributed by atoms with van der Waals surface area (Å²) in [4.78, 5) is 14.7. The zero-order chi connectivity index (χ0) is 13.1. The minimum atomic E-state index is -0.158. The van der Waals surface area contributed by atoms with Gasteiger partial charge >= 0.3 is 0 Å². The van der Waals surface area contributed by atoms with Gasteiger partial charge in [0.1, 0.15) is 6.10 Å². The third-order valence-corrected chi connectivity index (χ3v) is 4.55. The molecule has 2 unspecified atom stereocenters. The van der Waals surface area contributed by atoms with E-state index in [0.29, 0.717) is 6.04 Å². The molecule has 0 aromatic carbocycles. The van der Waals surface area contributed by atoms with Crippen LogP contribution in [-0.4, -0.2) is 49.2 Å². The zero-order valence-corrected chi connectivity index (χ0v) is 11.8. The van der Waals surface area contributed by atoms with E-state index in [0.717, 1.165) is 51.4 Å². The van der Waals surface area contributed by atoms with Crippen LogP contribution in [0.15, 0.2) is 0 Å². The SMILES string of the molecule is O=C(C1CCCCO1)N(CC1CC1)CC1CCCN1. The van der Waals surface area contributed by atoms with Crippen LogP contribution in [0.1, 0.15) is 44.9 Å². The topological polar surface area (TPSA) is 41.6 Å². The van der Waals surface area contributed by atoms with Crippen molar-refractivity contribution in [2.45, 2.75) is 57.1 Å². The van der Waals surface area contributed by atoms with E-state index in [1.165, 1.54) is 25.7 Å². The lowest BCUT2D eigenvalue weighted by molar-refractivity contribution is -0.147. The summed E-state index contributed by atoms with van der Waals surface area (Å²) in [6.07, 6.45) is 8.05. The molecule has 0 radical (unpaired) electrons. The van der Waals surface area contributed by atoms with E-state index < -0.39 is 0 Å². The van der Waals surface area contributed by atoms with Gasteiger partial charge in [0, 0.05) is 25.7 Å². The molecular formula is C15H26N2O2. The van der Waals surface area contributed by atoms with E-state index in [-0.39, 0.29) is 12.0 Å². The zero-order valence-electron chi connectivity index (χ0n) is 11.8. The van der Waals surface area contributed by atoms with Crippen LogP contribution in [0.2, 0.25) is 0 Å². The number of amides is 1. The van der Waals surface area contributed by atoms with Gasteiger partial charge in [0.2, 0.25) is 0 Å². The minimum Gasteiger partial charge on any atom is -0.368 e. The molecule has 0 aromatic rings. The van der Waals surface area contributed by atoms with Crippen molar-refractivity contribution in [2.75, 3.05) is 26.2 Å². The van der Waals surface area contributed by atoms with Gasteiger partial charge in [-0.3, -0.25) is 4.79 Å². The maximum atomic E-state index is 12.6. The quantitative estimate of drug-likeness (QED) is 0.821. The average Bonchev–Trinajstić information content (AvgIpc) is 3.12. The molecule has 108 valence electrons. The first kappa shape index (κ1) is 13.4. The van der Waals surface area contributed by atoms with Crippen molar-refractivity contribution in [3.8, 4) is 0 Å². The molecule has 2 heterocycles. The number of nitrogens with zero attached hydrogens (tertiary/aromatic N) is 1. The molecule has 2 aliphatic heterocycles. The molecule has 3 rings (SSSR count). The van der Waals surface area contributed by atoms with E-state index in [1.807, 2.05) is 0 Å². The standard InChI is InChI=1S/C15H26N2O2/c18-15(14-5-1-2-9-19-14)17(10-12-6-7-12)11-13-4-3-8-16-13/h12-14,16H,1-11H2. The molecule has 3 fully saturated rings. The fourth-order valence-corrected chi connectivity index (χ4v) is 3.18. The maximum Gasteiger partial charge on any atom is 0.251 e. The summed E-state index contributed by atoms with van der Waals surface area (Å²) < 4.78 is 5.68. The van der Waals surface area contributed by atoms with Crippen molar-refractivity contribution in [3.05, 3.63) is 0 Å². The second-order valence-electron chi connectivity index (χ2n) is 6.34. The Morgan fingerprint density at radius 2 is 2.00 bits per heavy atom. The van der Waals surface area contributed by atoms with Crippen molar-refractivity contribution < 1.29 is 9.53 Å². The Morgan fingerprint density at radius 3 is 2.63 bits per heavy atom. The fourth-order valence-electron chi connectivity index (χ4n) is 3.18. The molecular weight excluding hydrogens is 240 g/mol. The van der Waals surface area contributed by atoms with Gasteiger partial charge in [-0.15, -0.1) is 0 Å². The summed E-state index contributed by atoms with van der Waals surface area (Å²) in [5.41, 5.74) is 0. The first-order valence-corrected chi connectivity index (χ1v) is 7.96. The predicted molar refractivity (Wildman–Crippen MR) is 73.9 cm³/mol. The lowest BCUT2D eigenvalue weighted by Crippen LogP contribution is -2.47. The van der Waals surface area contributed by atoms with Crippen molar-refractivity contribution in [1.29, 1.82) is 0 Å². The van der Waals surface area contributed by atoms with E-state index >= 15 is 0 Å². The molecule has 4 heteroatoms. The number of hydrogen-bond donors (Lipinski definition) is 1. The molecule has 0 spiro atoms. The predicted octanol–water partition coefficient (Wildman–Crippen LogP) is 1.55. The Bertz CT molecular complexity index is 305. The number of carbonyl (C=O) groups excluding carboxylic acids is 1. The molecule has 3 aliphatic rings. The van der Waals surface area contributed by atoms with Gasteiger partial charge in [-0.25, -0.2) is 0 Å². The molecule has 19 heavy (non-hydrogen) atoms. The first-order chi connectivity index (χ1) is 9.33. The number of rotatable bonds is 5. The Labute approximate surface area is 115 Å². The lowest BCUT2D eigenvalue weighted by Gasteiger charge is -2.31. The number of nitrogens with one attached hydrogen (secondary N) is 1. The van der Waals surface area contributed by atoms with Crippen molar-refractivity contribution in [1.82, 2.24) is 10.2 Å². The van der Waals surface area contributed by atoms with Crippen LogP contribution < -0.4 is 5.32 Å². The van der Waals surface area contributed by atoms with Crippen LogP contribution in [0.3, 0.4) is 0 Å². The number of hydrogen-bond acceptors (Lipinski definition) is 3. The monoisotopic (exact) mass is 266 g/mol. The van der Waals surface area contributed by atoms with Crippen LogP contribution in [0.4, 0.5) is 0 Å². The highest BCUT2D eigenvalue weighted by atomic mass is 16.5. The van der Waals surface area contributed by atoms with Crippen molar-refractivity contribution in [3.63, 3.8) is 0 Å². The summed E-state index contributed by atoms with van der Waals surface area (Å²) in [5, 5.41) is 3.50. The van der Waals surface area contributed by atoms with Gasteiger partial charge in [-0.1, -0.05) is 0 Å². The Balaban J connectivity index is 1.57. The third kappa shape index (κ3) is 3.69. The fraction of sp³-hybridized carbons (Fsp3) is 0.933. The molecule has 1 saturated carbocycles. The van der Waals surface area contributed by atoms with Gasteiger partial charge in [0.15, 0.2) is 0 Å². The van der Waals surface area contributed by atoms with Crippen LogP contribution in [0.25, 0.3) is 0 Å². The maximum absolute atomic E-state index is 12.6. The third-order valence-electron chi connectivity index (χ3n) is 4.55. The van der Waals surface area contributed by atoms with Gasteiger partial charge in [0.05, 0.1) is 0 Å². The van der Waals surface area contributed by atoms with Gasteiger partial charge in [-0.05, 0) is 57.4 Å². The van der Waals surface area contributed by atoms with Crippen LogP contribution in [0, 0.1) is 5.92 Å². The Hall–Kier alpha value is -0.610. The number of ether oxygens (including phenoxy) is 1. The van der Waals surface area contributed by atoms with Crippen molar-refractivity contribution >= 4 is 5.91 Å². The summed E-state index contributed by atoms with van der Waals surface area (Å²) in [7, 11) is 0. The van der Waals surface area contributed by atoms with Gasteiger partial charge < -0.3 is 15.0 Å². The molecule has 1 N–H and O–H groups in total. The largest absolute Gasteiger partial charge is 0.368 e. The second-order valence-corrected chi connectivity index (χ2v) is 6.34. The molecule has 2 atom stereocenters. The first-order valence-electron chi connectivity index (χ1n) is 7.96. The summed E-state index contributed by atoms with van der Waals surface area (Å²) in [6, 6.07) is 0.506. The second kappa shape index (κ2) is 6.23. The molecule has 2 saturated heterocycles. The van der Waals surface area contributed by atoms with E-state index in [1.54, 1.807) is 0 Å². The van der Waals surface area contributed by atoms with Crippen molar-refractivity contribution in [2.24, 2.45) is 5.92 Å². The minimum absolute atomic E-state index is 0.158. The molecule has 0 bridgehead atoms. The average molecular weight is 266 g/mol. The van der Waals surface area contributed by atoms with E-state index in [2.05, 4.69) is 10.2 Å². The molecule has 4 nitrogen and oxygen atoms in total. The van der Waals surface area contributed by atoms with Gasteiger partial charge in [-0.2, -0.15) is 0 Å². The van der Waals surface area contributed by atoms with E-state index in [9.17, 15) is 4.79 Å². The number of carbonyl (C=O) groups is 1. The smallest absolute Gasteiger partial charge is 0.251 e. The van der Waals surface area contributed by atoms with Gasteiger partial charge in [0.25, 0.3) is 5.91 Å². The lowest BCUT2D eigenvalue weighted by atomic mass is 10.1. The molecule has 1 amide bonds. The summed E-state index contributed by atoms with van der Waals surface area (Å²) >= 11 is 0. The summed E-state index contributed by atoms with van der Waals surface area (Å²) in [5.74, 6) is 1.01. The van der Waals surface area contributed by atoms with E-state index in [4.69, 9.17) is 4.74 Å². The highest BCUT2D eigenvalue weighted by molar-refractivity contribution is 5.81. The van der Waals surface area contributed by atoms with Crippen LogP contribution >= 0.6 is 0 Å². The normalized spacial score (nSPS) is 31.4. The van der Waals surface area contributed by atoms with Crippen LogP contribution in [0.5, 0.6) is 0 Å².